The largest absolute Gasteiger partial charge is 0.338 e. The summed E-state index contributed by atoms with van der Waals surface area (Å²) in [4.78, 5) is 6.27. The van der Waals surface area contributed by atoms with Gasteiger partial charge in [-0.05, 0) is 26.8 Å². The fourth-order valence-corrected chi connectivity index (χ4v) is 3.23. The SMILES string of the molecule is CC(C)(N)c1noc(CN2CCCS(=O)(=O)CC2)n1. The molecule has 0 saturated carbocycles. The third-order valence-corrected chi connectivity index (χ3v) is 4.77. The van der Waals surface area contributed by atoms with Crippen LogP contribution < -0.4 is 5.73 Å². The lowest BCUT2D eigenvalue weighted by molar-refractivity contribution is 0.240. The molecule has 0 spiro atoms. The van der Waals surface area contributed by atoms with Crippen molar-refractivity contribution in [3.8, 4) is 0 Å². The van der Waals surface area contributed by atoms with Crippen LogP contribution in [-0.2, 0) is 21.9 Å². The van der Waals surface area contributed by atoms with E-state index in [2.05, 4.69) is 10.1 Å². The van der Waals surface area contributed by atoms with Crippen molar-refractivity contribution in [2.75, 3.05) is 24.6 Å². The Kier molecular flexibility index (Phi) is 3.93. The molecule has 1 saturated heterocycles. The van der Waals surface area contributed by atoms with Gasteiger partial charge in [0.1, 0.15) is 0 Å². The second-order valence-corrected chi connectivity index (χ2v) is 7.82. The highest BCUT2D eigenvalue weighted by molar-refractivity contribution is 7.91. The highest BCUT2D eigenvalue weighted by atomic mass is 32.2. The number of hydrogen-bond donors (Lipinski definition) is 1. The summed E-state index contributed by atoms with van der Waals surface area (Å²) >= 11 is 0. The second-order valence-electron chi connectivity index (χ2n) is 5.51. The van der Waals surface area contributed by atoms with E-state index >= 15 is 0 Å². The molecule has 0 aliphatic carbocycles. The molecule has 7 nitrogen and oxygen atoms in total. The van der Waals surface area contributed by atoms with Crippen LogP contribution in [-0.4, -0.2) is 48.1 Å². The van der Waals surface area contributed by atoms with Crippen molar-refractivity contribution in [3.63, 3.8) is 0 Å². The van der Waals surface area contributed by atoms with Crippen molar-refractivity contribution in [2.24, 2.45) is 5.73 Å². The predicted octanol–water partition coefficient (Wildman–Crippen LogP) is -0.116. The molecule has 0 unspecified atom stereocenters. The fraction of sp³-hybridized carbons (Fsp3) is 0.818. The minimum atomic E-state index is -2.89. The summed E-state index contributed by atoms with van der Waals surface area (Å²) in [5.74, 6) is 1.39. The Balaban J connectivity index is 2.00. The number of nitrogens with two attached hydrogens (primary N) is 1. The molecule has 2 heterocycles. The molecule has 1 aliphatic heterocycles. The molecule has 0 aromatic carbocycles. The van der Waals surface area contributed by atoms with Gasteiger partial charge in [0, 0.05) is 6.54 Å². The molecule has 1 aliphatic rings. The fourth-order valence-electron chi connectivity index (χ4n) is 1.92. The average molecular weight is 288 g/mol. The van der Waals surface area contributed by atoms with E-state index in [4.69, 9.17) is 10.3 Å². The predicted molar refractivity (Wildman–Crippen MR) is 70.1 cm³/mol. The van der Waals surface area contributed by atoms with Gasteiger partial charge in [-0.2, -0.15) is 4.98 Å². The van der Waals surface area contributed by atoms with Gasteiger partial charge in [0.2, 0.25) is 5.89 Å². The molecular formula is C11H20N4O3S. The molecule has 2 N–H and O–H groups in total. The molecule has 0 atom stereocenters. The van der Waals surface area contributed by atoms with Crippen LogP contribution in [0.15, 0.2) is 4.52 Å². The minimum absolute atomic E-state index is 0.191. The topological polar surface area (TPSA) is 102 Å². The van der Waals surface area contributed by atoms with Gasteiger partial charge in [-0.25, -0.2) is 8.42 Å². The second kappa shape index (κ2) is 5.18. The number of nitrogens with zero attached hydrogens (tertiary/aromatic N) is 3. The highest BCUT2D eigenvalue weighted by Crippen LogP contribution is 2.14. The van der Waals surface area contributed by atoms with E-state index in [1.54, 1.807) is 13.8 Å². The third kappa shape index (κ3) is 3.99. The smallest absolute Gasteiger partial charge is 0.240 e. The monoisotopic (exact) mass is 288 g/mol. The maximum Gasteiger partial charge on any atom is 0.240 e. The van der Waals surface area contributed by atoms with Gasteiger partial charge in [-0.1, -0.05) is 5.16 Å². The van der Waals surface area contributed by atoms with Crippen molar-refractivity contribution in [3.05, 3.63) is 11.7 Å². The van der Waals surface area contributed by atoms with Crippen LogP contribution in [0.5, 0.6) is 0 Å². The molecule has 19 heavy (non-hydrogen) atoms. The number of sulfone groups is 1. The first kappa shape index (κ1) is 14.4. The van der Waals surface area contributed by atoms with Crippen LogP contribution in [0, 0.1) is 0 Å². The van der Waals surface area contributed by atoms with Gasteiger partial charge in [0.15, 0.2) is 15.7 Å². The Labute approximate surface area is 113 Å². The maximum absolute atomic E-state index is 11.5. The zero-order chi connectivity index (χ0) is 14.1. The Bertz CT molecular complexity index is 532. The average Bonchev–Trinajstić information content (AvgIpc) is 2.67. The maximum atomic E-state index is 11.5. The van der Waals surface area contributed by atoms with Crippen LogP contribution in [0.4, 0.5) is 0 Å². The lowest BCUT2D eigenvalue weighted by atomic mass is 10.1. The molecule has 0 bridgehead atoms. The summed E-state index contributed by atoms with van der Waals surface area (Å²) in [6.45, 7) is 5.31. The van der Waals surface area contributed by atoms with Gasteiger partial charge in [0.05, 0.1) is 23.6 Å². The highest BCUT2D eigenvalue weighted by Gasteiger charge is 2.24. The Morgan fingerprint density at radius 3 is 2.74 bits per heavy atom. The van der Waals surface area contributed by atoms with E-state index in [9.17, 15) is 8.42 Å². The van der Waals surface area contributed by atoms with Crippen LogP contribution in [0.1, 0.15) is 32.0 Å². The van der Waals surface area contributed by atoms with E-state index in [1.807, 2.05) is 4.90 Å². The van der Waals surface area contributed by atoms with Gasteiger partial charge >= 0.3 is 0 Å². The molecule has 1 fully saturated rings. The van der Waals surface area contributed by atoms with E-state index < -0.39 is 15.4 Å². The molecule has 1 aromatic heterocycles. The van der Waals surface area contributed by atoms with E-state index in [-0.39, 0.29) is 11.5 Å². The molecule has 8 heteroatoms. The van der Waals surface area contributed by atoms with E-state index in [0.29, 0.717) is 31.2 Å². The van der Waals surface area contributed by atoms with E-state index in [1.165, 1.54) is 0 Å². The summed E-state index contributed by atoms with van der Waals surface area (Å²) in [6, 6.07) is 0. The van der Waals surface area contributed by atoms with Crippen molar-refractivity contribution in [1.82, 2.24) is 15.0 Å². The summed E-state index contributed by atoms with van der Waals surface area (Å²) in [7, 11) is -2.89. The summed E-state index contributed by atoms with van der Waals surface area (Å²) in [5, 5.41) is 3.85. The van der Waals surface area contributed by atoms with Gasteiger partial charge < -0.3 is 10.3 Å². The van der Waals surface area contributed by atoms with Gasteiger partial charge in [-0.15, -0.1) is 0 Å². The van der Waals surface area contributed by atoms with Crippen LogP contribution >= 0.6 is 0 Å². The van der Waals surface area contributed by atoms with Crippen molar-refractivity contribution >= 4 is 9.84 Å². The Morgan fingerprint density at radius 1 is 1.37 bits per heavy atom. The van der Waals surface area contributed by atoms with Crippen molar-refractivity contribution in [2.45, 2.75) is 32.4 Å². The minimum Gasteiger partial charge on any atom is -0.338 e. The van der Waals surface area contributed by atoms with Crippen LogP contribution in [0.25, 0.3) is 0 Å². The number of hydrogen-bond acceptors (Lipinski definition) is 7. The Morgan fingerprint density at radius 2 is 2.11 bits per heavy atom. The lowest BCUT2D eigenvalue weighted by Crippen LogP contribution is -2.30. The van der Waals surface area contributed by atoms with Crippen LogP contribution in [0.2, 0.25) is 0 Å². The van der Waals surface area contributed by atoms with E-state index in [0.717, 1.165) is 6.54 Å². The van der Waals surface area contributed by atoms with Gasteiger partial charge in [-0.3, -0.25) is 4.90 Å². The molecule has 0 radical (unpaired) electrons. The van der Waals surface area contributed by atoms with Crippen molar-refractivity contribution in [1.29, 1.82) is 0 Å². The molecule has 2 rings (SSSR count). The molecular weight excluding hydrogens is 268 g/mol. The molecule has 108 valence electrons. The first-order valence-corrected chi connectivity index (χ1v) is 8.13. The molecule has 0 amide bonds. The van der Waals surface area contributed by atoms with Crippen LogP contribution in [0.3, 0.4) is 0 Å². The first-order valence-electron chi connectivity index (χ1n) is 6.31. The number of rotatable bonds is 3. The zero-order valence-electron chi connectivity index (χ0n) is 11.3. The van der Waals surface area contributed by atoms with Gasteiger partial charge in [0.25, 0.3) is 0 Å². The normalized spacial score (nSPS) is 21.2. The first-order chi connectivity index (χ1) is 8.76. The number of aromatic nitrogens is 2. The summed E-state index contributed by atoms with van der Waals surface area (Å²) in [6.07, 6.45) is 0.645. The molecule has 1 aromatic rings. The van der Waals surface area contributed by atoms with Crippen molar-refractivity contribution < 1.29 is 12.9 Å². The zero-order valence-corrected chi connectivity index (χ0v) is 12.1. The third-order valence-electron chi connectivity index (χ3n) is 3.05. The standard InChI is InChI=1S/C11H20N4O3S/c1-11(2,12)10-13-9(18-14-10)8-15-4-3-6-19(16,17)7-5-15/h3-8,12H2,1-2H3. The summed E-state index contributed by atoms with van der Waals surface area (Å²) in [5.41, 5.74) is 5.25. The Hall–Kier alpha value is -0.990. The lowest BCUT2D eigenvalue weighted by Gasteiger charge is -2.16. The quantitative estimate of drug-likeness (QED) is 0.827. The summed E-state index contributed by atoms with van der Waals surface area (Å²) < 4.78 is 28.2.